The van der Waals surface area contributed by atoms with E-state index < -0.39 is 0 Å². The maximum atomic E-state index is 9.78. The Bertz CT molecular complexity index is 154. The molecule has 2 aliphatic rings. The van der Waals surface area contributed by atoms with Crippen LogP contribution in [-0.4, -0.2) is 36.2 Å². The number of rotatable bonds is 1. The minimum Gasteiger partial charge on any atom is -0.391 e. The molecule has 1 aliphatic heterocycles. The second kappa shape index (κ2) is 3.35. The first kappa shape index (κ1) is 8.52. The molecule has 0 aromatic heterocycles. The molecule has 1 saturated heterocycles. The van der Waals surface area contributed by atoms with E-state index in [1.807, 2.05) is 0 Å². The van der Waals surface area contributed by atoms with Gasteiger partial charge in [-0.25, -0.2) is 0 Å². The van der Waals surface area contributed by atoms with Gasteiger partial charge in [0.15, 0.2) is 0 Å². The van der Waals surface area contributed by atoms with E-state index in [9.17, 15) is 5.11 Å². The van der Waals surface area contributed by atoms with Crippen LogP contribution in [0.5, 0.6) is 0 Å². The smallest absolute Gasteiger partial charge is 0.0709 e. The molecule has 1 aliphatic carbocycles. The van der Waals surface area contributed by atoms with Crippen LogP contribution in [0.25, 0.3) is 0 Å². The molecule has 0 bridgehead atoms. The third kappa shape index (κ3) is 1.50. The Morgan fingerprint density at radius 3 is 2.33 bits per heavy atom. The molecule has 2 heteroatoms. The summed E-state index contributed by atoms with van der Waals surface area (Å²) in [5, 5.41) is 9.78. The van der Waals surface area contributed by atoms with Crippen molar-refractivity contribution in [3.8, 4) is 0 Å². The van der Waals surface area contributed by atoms with E-state index in [-0.39, 0.29) is 6.10 Å². The molecule has 0 aromatic rings. The largest absolute Gasteiger partial charge is 0.391 e. The van der Waals surface area contributed by atoms with Gasteiger partial charge in [-0.2, -0.15) is 0 Å². The Hall–Kier alpha value is -0.0800. The summed E-state index contributed by atoms with van der Waals surface area (Å²) < 4.78 is 0. The Labute approximate surface area is 74.6 Å². The van der Waals surface area contributed by atoms with E-state index in [0.29, 0.717) is 5.92 Å². The molecule has 70 valence electrons. The van der Waals surface area contributed by atoms with Crippen LogP contribution in [-0.2, 0) is 0 Å². The van der Waals surface area contributed by atoms with E-state index in [1.54, 1.807) is 0 Å². The van der Waals surface area contributed by atoms with Gasteiger partial charge in [0.2, 0.25) is 0 Å². The van der Waals surface area contributed by atoms with Gasteiger partial charge in [0.1, 0.15) is 0 Å². The van der Waals surface area contributed by atoms with Crippen LogP contribution in [0.3, 0.4) is 0 Å². The van der Waals surface area contributed by atoms with Crippen LogP contribution in [0.2, 0.25) is 0 Å². The fraction of sp³-hybridized carbons (Fsp3) is 1.00. The minimum absolute atomic E-state index is 0.0434. The summed E-state index contributed by atoms with van der Waals surface area (Å²) in [5.41, 5.74) is 0. The van der Waals surface area contributed by atoms with E-state index >= 15 is 0 Å². The van der Waals surface area contributed by atoms with Crippen LogP contribution >= 0.6 is 0 Å². The van der Waals surface area contributed by atoms with Crippen molar-refractivity contribution in [3.05, 3.63) is 0 Å². The molecule has 12 heavy (non-hydrogen) atoms. The Morgan fingerprint density at radius 1 is 1.17 bits per heavy atom. The molecule has 1 saturated carbocycles. The van der Waals surface area contributed by atoms with Gasteiger partial charge in [0, 0.05) is 19.0 Å². The van der Waals surface area contributed by atoms with Crippen molar-refractivity contribution < 1.29 is 5.11 Å². The molecule has 0 aromatic carbocycles. The number of likely N-dealkylation sites (N-methyl/N-ethyl adjacent to an activating group) is 1. The minimum atomic E-state index is -0.0434. The highest BCUT2D eigenvalue weighted by Crippen LogP contribution is 2.35. The molecular weight excluding hydrogens is 150 g/mol. The lowest BCUT2D eigenvalue weighted by atomic mass is 9.88. The van der Waals surface area contributed by atoms with Crippen molar-refractivity contribution in [2.75, 3.05) is 20.1 Å². The van der Waals surface area contributed by atoms with Gasteiger partial charge < -0.3 is 10.0 Å². The Balaban J connectivity index is 1.94. The summed E-state index contributed by atoms with van der Waals surface area (Å²) in [7, 11) is 2.11. The first-order valence-electron chi connectivity index (χ1n) is 5.14. The monoisotopic (exact) mass is 169 g/mol. The van der Waals surface area contributed by atoms with Gasteiger partial charge in [-0.05, 0) is 13.0 Å². The van der Waals surface area contributed by atoms with Crippen molar-refractivity contribution in [1.29, 1.82) is 0 Å². The zero-order chi connectivity index (χ0) is 8.55. The van der Waals surface area contributed by atoms with Crippen molar-refractivity contribution >= 4 is 0 Å². The molecule has 0 radical (unpaired) electrons. The average molecular weight is 169 g/mol. The number of aliphatic hydroxyl groups is 1. The zero-order valence-electron chi connectivity index (χ0n) is 7.87. The van der Waals surface area contributed by atoms with Crippen LogP contribution in [0.1, 0.15) is 25.7 Å². The zero-order valence-corrected chi connectivity index (χ0v) is 7.87. The number of aliphatic hydroxyl groups excluding tert-OH is 1. The topological polar surface area (TPSA) is 23.5 Å². The summed E-state index contributed by atoms with van der Waals surface area (Å²) >= 11 is 0. The van der Waals surface area contributed by atoms with Gasteiger partial charge in [-0.3, -0.25) is 0 Å². The summed E-state index contributed by atoms with van der Waals surface area (Å²) in [5.74, 6) is 1.41. The van der Waals surface area contributed by atoms with E-state index in [0.717, 1.165) is 19.0 Å². The molecule has 2 atom stereocenters. The SMILES string of the molecule is CN1C[C@H](C2CCCC2)[C@@H](O)C1. The second-order valence-corrected chi connectivity index (χ2v) is 4.50. The molecule has 2 nitrogen and oxygen atoms in total. The number of hydrogen-bond donors (Lipinski definition) is 1. The quantitative estimate of drug-likeness (QED) is 0.635. The molecule has 1 N–H and O–H groups in total. The van der Waals surface area contributed by atoms with Gasteiger partial charge in [0.25, 0.3) is 0 Å². The number of likely N-dealkylation sites (tertiary alicyclic amines) is 1. The molecule has 1 heterocycles. The normalized spacial score (nSPS) is 39.5. The van der Waals surface area contributed by atoms with Crippen LogP contribution in [0.4, 0.5) is 0 Å². The van der Waals surface area contributed by atoms with E-state index in [4.69, 9.17) is 0 Å². The third-order valence-corrected chi connectivity index (χ3v) is 3.52. The van der Waals surface area contributed by atoms with E-state index in [2.05, 4.69) is 11.9 Å². The number of β-amino-alcohol motifs (C(OH)–C–C–N with tert-alkyl or cyclic N) is 1. The predicted octanol–water partition coefficient (Wildman–Crippen LogP) is 1.10. The van der Waals surface area contributed by atoms with Gasteiger partial charge in [-0.15, -0.1) is 0 Å². The molecule has 0 unspecified atom stereocenters. The van der Waals surface area contributed by atoms with Crippen molar-refractivity contribution in [2.45, 2.75) is 31.8 Å². The lowest BCUT2D eigenvalue weighted by Crippen LogP contribution is -2.24. The fourth-order valence-electron chi connectivity index (χ4n) is 2.86. The summed E-state index contributed by atoms with van der Waals surface area (Å²) in [6.45, 7) is 2.01. The average Bonchev–Trinajstić information content (AvgIpc) is 2.58. The first-order chi connectivity index (χ1) is 5.77. The van der Waals surface area contributed by atoms with Gasteiger partial charge >= 0.3 is 0 Å². The molecular formula is C10H19NO. The highest BCUT2D eigenvalue weighted by atomic mass is 16.3. The first-order valence-corrected chi connectivity index (χ1v) is 5.14. The van der Waals surface area contributed by atoms with Crippen LogP contribution in [0.15, 0.2) is 0 Å². The van der Waals surface area contributed by atoms with Crippen LogP contribution in [0, 0.1) is 11.8 Å². The highest BCUT2D eigenvalue weighted by molar-refractivity contribution is 4.88. The maximum Gasteiger partial charge on any atom is 0.0709 e. The highest BCUT2D eigenvalue weighted by Gasteiger charge is 2.36. The van der Waals surface area contributed by atoms with Crippen molar-refractivity contribution in [1.82, 2.24) is 4.90 Å². The maximum absolute atomic E-state index is 9.78. The number of hydrogen-bond acceptors (Lipinski definition) is 2. The second-order valence-electron chi connectivity index (χ2n) is 4.50. The van der Waals surface area contributed by atoms with Crippen LogP contribution < -0.4 is 0 Å². The molecule has 0 amide bonds. The molecule has 2 rings (SSSR count). The molecule has 0 spiro atoms. The predicted molar refractivity (Wildman–Crippen MR) is 49.0 cm³/mol. The van der Waals surface area contributed by atoms with Crippen molar-refractivity contribution in [2.24, 2.45) is 11.8 Å². The Kier molecular flexibility index (Phi) is 2.37. The van der Waals surface area contributed by atoms with Gasteiger partial charge in [-0.1, -0.05) is 25.7 Å². The lowest BCUT2D eigenvalue weighted by molar-refractivity contribution is 0.113. The Morgan fingerprint density at radius 2 is 1.83 bits per heavy atom. The summed E-state index contributed by atoms with van der Waals surface area (Å²) in [4.78, 5) is 2.26. The van der Waals surface area contributed by atoms with E-state index in [1.165, 1.54) is 25.7 Å². The van der Waals surface area contributed by atoms with Crippen molar-refractivity contribution in [3.63, 3.8) is 0 Å². The lowest BCUT2D eigenvalue weighted by Gasteiger charge is -2.20. The molecule has 2 fully saturated rings. The standard InChI is InChI=1S/C10H19NO/c1-11-6-9(10(12)7-11)8-4-2-3-5-8/h8-10,12H,2-7H2,1H3/t9-,10+/m1/s1. The third-order valence-electron chi connectivity index (χ3n) is 3.52. The number of nitrogens with zero attached hydrogens (tertiary/aromatic N) is 1. The fourth-order valence-corrected chi connectivity index (χ4v) is 2.86. The summed E-state index contributed by atoms with van der Waals surface area (Å²) in [6, 6.07) is 0. The summed E-state index contributed by atoms with van der Waals surface area (Å²) in [6.07, 6.45) is 5.44. The van der Waals surface area contributed by atoms with Gasteiger partial charge in [0.05, 0.1) is 6.10 Å².